The van der Waals surface area contributed by atoms with Crippen LogP contribution in [0.4, 0.5) is 19.0 Å². The highest BCUT2D eigenvalue weighted by Crippen LogP contribution is 2.21. The first-order chi connectivity index (χ1) is 14.8. The molecule has 1 aliphatic heterocycles. The minimum atomic E-state index is -1.54. The molecule has 1 fully saturated rings. The van der Waals surface area contributed by atoms with E-state index >= 15 is 0 Å². The lowest BCUT2D eigenvalue weighted by Gasteiger charge is -2.38. The normalized spacial score (nSPS) is 14.5. The van der Waals surface area contributed by atoms with Gasteiger partial charge in [-0.15, -0.1) is 0 Å². The summed E-state index contributed by atoms with van der Waals surface area (Å²) in [7, 11) is 1.61. The zero-order valence-corrected chi connectivity index (χ0v) is 17.2. The second-order valence-corrected chi connectivity index (χ2v) is 6.96. The number of anilines is 1. The third-order valence-electron chi connectivity index (χ3n) is 4.99. The van der Waals surface area contributed by atoms with Crippen LogP contribution in [0.15, 0.2) is 60.1 Å². The highest BCUT2D eigenvalue weighted by molar-refractivity contribution is 5.43. The van der Waals surface area contributed by atoms with Gasteiger partial charge in [-0.1, -0.05) is 19.2 Å². The van der Waals surface area contributed by atoms with E-state index in [2.05, 4.69) is 23.0 Å². The van der Waals surface area contributed by atoms with Crippen molar-refractivity contribution in [2.75, 3.05) is 31.1 Å². The molecule has 9 heteroatoms. The van der Waals surface area contributed by atoms with Crippen LogP contribution in [0.25, 0.3) is 0 Å². The first kappa shape index (κ1) is 22.2. The van der Waals surface area contributed by atoms with Gasteiger partial charge in [-0.2, -0.15) is 4.98 Å². The molecule has 31 heavy (non-hydrogen) atoms. The molecule has 1 saturated heterocycles. The molecule has 0 bridgehead atoms. The molecular formula is C22H23F3N4O2. The van der Waals surface area contributed by atoms with Crippen LogP contribution in [0.5, 0.6) is 5.88 Å². The van der Waals surface area contributed by atoms with Gasteiger partial charge in [0.1, 0.15) is 12.4 Å². The van der Waals surface area contributed by atoms with Gasteiger partial charge in [0.25, 0.3) is 0 Å². The van der Waals surface area contributed by atoms with Crippen molar-refractivity contribution in [1.29, 1.82) is 0 Å². The van der Waals surface area contributed by atoms with Crippen LogP contribution in [0.2, 0.25) is 0 Å². The lowest BCUT2D eigenvalue weighted by Crippen LogP contribution is -2.47. The molecule has 2 heterocycles. The first-order valence-electron chi connectivity index (χ1n) is 9.63. The summed E-state index contributed by atoms with van der Waals surface area (Å²) in [5.74, 6) is -3.53. The average Bonchev–Trinajstić information content (AvgIpc) is 2.76. The number of nitrogens with zero attached hydrogens (tertiary/aromatic N) is 4. The van der Waals surface area contributed by atoms with Crippen molar-refractivity contribution < 1.29 is 17.9 Å². The number of hydrogen-bond donors (Lipinski definition) is 0. The van der Waals surface area contributed by atoms with Crippen molar-refractivity contribution in [3.05, 3.63) is 88.8 Å². The summed E-state index contributed by atoms with van der Waals surface area (Å²) in [6.45, 7) is 9.99. The molecule has 0 radical (unpaired) electrons. The Hall–Kier alpha value is -3.49. The number of halogens is 3. The summed E-state index contributed by atoms with van der Waals surface area (Å²) < 4.78 is 46.8. The van der Waals surface area contributed by atoms with Crippen LogP contribution in [-0.2, 0) is 13.7 Å². The fraction of sp³-hybridized carbons (Fsp3) is 0.273. The van der Waals surface area contributed by atoms with Crippen LogP contribution >= 0.6 is 0 Å². The number of rotatable bonds is 7. The van der Waals surface area contributed by atoms with E-state index in [0.717, 1.165) is 17.8 Å². The van der Waals surface area contributed by atoms with Crippen LogP contribution in [0, 0.1) is 17.5 Å². The van der Waals surface area contributed by atoms with Crippen LogP contribution in [0.3, 0.4) is 0 Å². The van der Waals surface area contributed by atoms with E-state index in [0.29, 0.717) is 32.0 Å². The van der Waals surface area contributed by atoms with Crippen LogP contribution in [0.1, 0.15) is 5.56 Å². The number of aromatic nitrogens is 2. The maximum absolute atomic E-state index is 13.4. The Morgan fingerprint density at radius 1 is 1.13 bits per heavy atom. The third-order valence-corrected chi connectivity index (χ3v) is 4.99. The van der Waals surface area contributed by atoms with Crippen molar-refractivity contribution in [2.45, 2.75) is 6.61 Å². The minimum absolute atomic E-state index is 0.0176. The van der Waals surface area contributed by atoms with E-state index in [1.807, 2.05) is 11.0 Å². The van der Waals surface area contributed by atoms with E-state index in [1.54, 1.807) is 25.3 Å². The molecule has 3 rings (SSSR count). The smallest absolute Gasteiger partial charge is 0.352 e. The maximum atomic E-state index is 13.4. The third kappa shape index (κ3) is 4.99. The fourth-order valence-electron chi connectivity index (χ4n) is 3.35. The molecule has 0 atom stereocenters. The molecule has 0 spiro atoms. The van der Waals surface area contributed by atoms with Crippen LogP contribution in [-0.4, -0.2) is 40.6 Å². The standard InChI is InChI=1S/C22H23F3N4O2/c1-4-6-16(5-2)28-7-9-29(10-8-28)20-13-19(26-22(30)27(20)3)31-14-15-11-17(23)21(25)18(24)12-15/h4-6,11-13H,1-2,7-10,14H2,3H3/b16-6+. The van der Waals surface area contributed by atoms with Gasteiger partial charge in [0.15, 0.2) is 17.5 Å². The van der Waals surface area contributed by atoms with Crippen molar-refractivity contribution in [1.82, 2.24) is 14.5 Å². The van der Waals surface area contributed by atoms with Gasteiger partial charge >= 0.3 is 5.69 Å². The van der Waals surface area contributed by atoms with Gasteiger partial charge in [0.05, 0.1) is 0 Å². The fourth-order valence-corrected chi connectivity index (χ4v) is 3.35. The summed E-state index contributed by atoms with van der Waals surface area (Å²) in [6, 6.07) is 3.28. The summed E-state index contributed by atoms with van der Waals surface area (Å²) in [5, 5.41) is 0. The Balaban J connectivity index is 1.75. The zero-order chi connectivity index (χ0) is 22.5. The summed E-state index contributed by atoms with van der Waals surface area (Å²) in [6.07, 6.45) is 5.36. The summed E-state index contributed by atoms with van der Waals surface area (Å²) >= 11 is 0. The van der Waals surface area contributed by atoms with E-state index in [4.69, 9.17) is 4.74 Å². The van der Waals surface area contributed by atoms with Crippen molar-refractivity contribution in [2.24, 2.45) is 7.05 Å². The Morgan fingerprint density at radius 3 is 2.35 bits per heavy atom. The van der Waals surface area contributed by atoms with E-state index in [1.165, 1.54) is 4.57 Å². The maximum Gasteiger partial charge on any atom is 0.352 e. The molecular weight excluding hydrogens is 409 g/mol. The summed E-state index contributed by atoms with van der Waals surface area (Å²) in [5.41, 5.74) is 0.533. The molecule has 1 aromatic heterocycles. The zero-order valence-electron chi connectivity index (χ0n) is 17.2. The SMILES string of the molecule is C=C/C=C(\C=C)N1CCN(c2cc(OCc3cc(F)c(F)c(F)c3)nc(=O)n2C)CC1. The molecule has 2 aromatic rings. The van der Waals surface area contributed by atoms with E-state index in [-0.39, 0.29) is 18.1 Å². The van der Waals surface area contributed by atoms with Gasteiger partial charge in [-0.3, -0.25) is 4.57 Å². The monoisotopic (exact) mass is 432 g/mol. The first-order valence-corrected chi connectivity index (χ1v) is 9.63. The van der Waals surface area contributed by atoms with Crippen LogP contribution < -0.4 is 15.3 Å². The van der Waals surface area contributed by atoms with Gasteiger partial charge in [0, 0.05) is 45.0 Å². The molecule has 1 aromatic carbocycles. The Labute approximate surface area is 178 Å². The van der Waals surface area contributed by atoms with Gasteiger partial charge in [-0.25, -0.2) is 18.0 Å². The number of hydrogen-bond acceptors (Lipinski definition) is 5. The molecule has 0 amide bonds. The second kappa shape index (κ2) is 9.55. The second-order valence-electron chi connectivity index (χ2n) is 6.96. The molecule has 0 unspecified atom stereocenters. The lowest BCUT2D eigenvalue weighted by atomic mass is 10.2. The quantitative estimate of drug-likeness (QED) is 0.497. The topological polar surface area (TPSA) is 50.6 Å². The minimum Gasteiger partial charge on any atom is -0.473 e. The van der Waals surface area contributed by atoms with Gasteiger partial charge in [-0.05, 0) is 29.8 Å². The average molecular weight is 432 g/mol. The molecule has 0 saturated carbocycles. The predicted octanol–water partition coefficient (Wildman–Crippen LogP) is 3.15. The van der Waals surface area contributed by atoms with Crippen molar-refractivity contribution in [3.63, 3.8) is 0 Å². The number of ether oxygens (including phenoxy) is 1. The lowest BCUT2D eigenvalue weighted by molar-refractivity contribution is 0.288. The van der Waals surface area contributed by atoms with E-state index in [9.17, 15) is 18.0 Å². The predicted molar refractivity (Wildman–Crippen MR) is 112 cm³/mol. The van der Waals surface area contributed by atoms with Crippen molar-refractivity contribution in [3.8, 4) is 5.88 Å². The highest BCUT2D eigenvalue weighted by Gasteiger charge is 2.21. The Kier molecular flexibility index (Phi) is 6.84. The van der Waals surface area contributed by atoms with Gasteiger partial charge in [0.2, 0.25) is 5.88 Å². The Bertz CT molecular complexity index is 1050. The van der Waals surface area contributed by atoms with Gasteiger partial charge < -0.3 is 14.5 Å². The molecule has 6 nitrogen and oxygen atoms in total. The number of allylic oxidation sites excluding steroid dienone is 3. The largest absolute Gasteiger partial charge is 0.473 e. The Morgan fingerprint density at radius 2 is 1.77 bits per heavy atom. The molecule has 1 aliphatic rings. The molecule has 0 N–H and O–H groups in total. The number of piperazine rings is 1. The highest BCUT2D eigenvalue weighted by atomic mass is 19.2. The summed E-state index contributed by atoms with van der Waals surface area (Å²) in [4.78, 5) is 20.3. The molecule has 164 valence electrons. The van der Waals surface area contributed by atoms with Crippen molar-refractivity contribution >= 4 is 5.82 Å². The molecule has 0 aliphatic carbocycles. The van der Waals surface area contributed by atoms with E-state index < -0.39 is 23.1 Å². The number of benzene rings is 1.